The molecule has 0 radical (unpaired) electrons. The van der Waals surface area contributed by atoms with Gasteiger partial charge in [-0.1, -0.05) is 36.9 Å². The van der Waals surface area contributed by atoms with Crippen LogP contribution in [0.2, 0.25) is 0 Å². The lowest BCUT2D eigenvalue weighted by atomic mass is 9.98. The minimum atomic E-state index is -0.322. The maximum absolute atomic E-state index is 12.7. The number of esters is 1. The zero-order chi connectivity index (χ0) is 15.9. The van der Waals surface area contributed by atoms with Crippen molar-refractivity contribution < 1.29 is 14.3 Å². The molecule has 2 aliphatic heterocycles. The topological polar surface area (TPSA) is 49.9 Å². The predicted octanol–water partition coefficient (Wildman–Crippen LogP) is 1.40. The summed E-state index contributed by atoms with van der Waals surface area (Å²) in [7, 11) is 3.26. The summed E-state index contributed by atoms with van der Waals surface area (Å²) in [5.74, 6) is -0.578. The minimum Gasteiger partial charge on any atom is -0.469 e. The van der Waals surface area contributed by atoms with Gasteiger partial charge in [-0.25, -0.2) is 0 Å². The van der Waals surface area contributed by atoms with Crippen molar-refractivity contribution in [3.63, 3.8) is 0 Å². The number of piperazine rings is 1. The van der Waals surface area contributed by atoms with E-state index < -0.39 is 0 Å². The Hall–Kier alpha value is -2.14. The van der Waals surface area contributed by atoms with Crippen molar-refractivity contribution in [2.75, 3.05) is 14.2 Å². The van der Waals surface area contributed by atoms with Crippen molar-refractivity contribution >= 4 is 11.9 Å². The van der Waals surface area contributed by atoms with Crippen LogP contribution in [-0.2, 0) is 20.9 Å². The molecule has 0 spiro atoms. The molecule has 2 aliphatic rings. The lowest BCUT2D eigenvalue weighted by Gasteiger charge is -2.40. The third-order valence-electron chi connectivity index (χ3n) is 4.72. The van der Waals surface area contributed by atoms with E-state index in [0.717, 1.165) is 5.56 Å². The van der Waals surface area contributed by atoms with Crippen LogP contribution in [0.4, 0.5) is 0 Å². The molecule has 0 aliphatic carbocycles. The fraction of sp³-hybridized carbons (Fsp3) is 0.412. The zero-order valence-electron chi connectivity index (χ0n) is 12.9. The van der Waals surface area contributed by atoms with Gasteiger partial charge >= 0.3 is 5.97 Å². The number of ether oxygens (including phenoxy) is 1. The molecule has 3 rings (SSSR count). The molecule has 3 atom stereocenters. The van der Waals surface area contributed by atoms with Gasteiger partial charge in [0.1, 0.15) is 0 Å². The molecule has 2 heterocycles. The normalized spacial score (nSPS) is 28.1. The van der Waals surface area contributed by atoms with Gasteiger partial charge in [0.25, 0.3) is 0 Å². The first-order chi connectivity index (χ1) is 10.5. The molecule has 116 valence electrons. The number of carbonyl (C=O) groups excluding carboxylic acids is 2. The van der Waals surface area contributed by atoms with Crippen molar-refractivity contribution in [2.24, 2.45) is 5.92 Å². The predicted molar refractivity (Wildman–Crippen MR) is 81.6 cm³/mol. The minimum absolute atomic E-state index is 0.0130. The number of nitrogens with zero attached hydrogens (tertiary/aromatic N) is 2. The molecule has 2 saturated heterocycles. The second-order valence-corrected chi connectivity index (χ2v) is 5.89. The molecular formula is C17H20N2O3. The van der Waals surface area contributed by atoms with Crippen LogP contribution in [0.15, 0.2) is 42.6 Å². The smallest absolute Gasteiger partial charge is 0.310 e. The number of carbonyl (C=O) groups is 2. The fourth-order valence-electron chi connectivity index (χ4n) is 3.56. The van der Waals surface area contributed by atoms with Crippen LogP contribution in [0.1, 0.15) is 12.0 Å². The van der Waals surface area contributed by atoms with Gasteiger partial charge in [0.05, 0.1) is 31.7 Å². The zero-order valence-corrected chi connectivity index (χ0v) is 12.9. The molecule has 0 saturated carbocycles. The van der Waals surface area contributed by atoms with Crippen molar-refractivity contribution in [1.82, 2.24) is 9.80 Å². The number of hydrogen-bond acceptors (Lipinski definition) is 4. The summed E-state index contributed by atoms with van der Waals surface area (Å²) in [5.41, 5.74) is 1.73. The van der Waals surface area contributed by atoms with Gasteiger partial charge in [0.2, 0.25) is 5.91 Å². The van der Waals surface area contributed by atoms with E-state index in [2.05, 4.69) is 6.58 Å². The van der Waals surface area contributed by atoms with Crippen molar-refractivity contribution in [3.05, 3.63) is 48.2 Å². The molecule has 5 heteroatoms. The Bertz CT molecular complexity index is 614. The van der Waals surface area contributed by atoms with E-state index in [0.29, 0.717) is 18.7 Å². The molecule has 1 amide bonds. The number of hydrogen-bond donors (Lipinski definition) is 0. The summed E-state index contributed by atoms with van der Waals surface area (Å²) in [5, 5.41) is 0. The lowest BCUT2D eigenvalue weighted by molar-refractivity contribution is -0.146. The van der Waals surface area contributed by atoms with Gasteiger partial charge in [-0.2, -0.15) is 0 Å². The maximum atomic E-state index is 12.7. The van der Waals surface area contributed by atoms with Crippen LogP contribution in [0.3, 0.4) is 0 Å². The van der Waals surface area contributed by atoms with E-state index in [9.17, 15) is 9.59 Å². The quantitative estimate of drug-likeness (QED) is 0.792. The van der Waals surface area contributed by atoms with Crippen molar-refractivity contribution in [2.45, 2.75) is 25.0 Å². The Morgan fingerprint density at radius 3 is 2.68 bits per heavy atom. The van der Waals surface area contributed by atoms with Crippen LogP contribution < -0.4 is 0 Å². The number of likely N-dealkylation sites (tertiary alicyclic amines) is 1. The van der Waals surface area contributed by atoms with E-state index in [4.69, 9.17) is 4.74 Å². The monoisotopic (exact) mass is 300 g/mol. The molecule has 2 fully saturated rings. The maximum Gasteiger partial charge on any atom is 0.310 e. The number of likely N-dealkylation sites (N-methyl/N-ethyl adjacent to an activating group) is 1. The van der Waals surface area contributed by atoms with Gasteiger partial charge in [0.15, 0.2) is 0 Å². The van der Waals surface area contributed by atoms with Crippen LogP contribution in [0, 0.1) is 5.92 Å². The third kappa shape index (κ3) is 2.22. The van der Waals surface area contributed by atoms with E-state index in [1.807, 2.05) is 42.3 Å². The number of fused-ring (bicyclic) bond motifs is 2. The molecule has 1 aromatic rings. The molecule has 0 unspecified atom stereocenters. The highest BCUT2D eigenvalue weighted by Crippen LogP contribution is 2.40. The largest absolute Gasteiger partial charge is 0.469 e. The Kier molecular flexibility index (Phi) is 3.74. The van der Waals surface area contributed by atoms with Gasteiger partial charge in [-0.15, -0.1) is 0 Å². The van der Waals surface area contributed by atoms with E-state index in [-0.39, 0.29) is 29.9 Å². The van der Waals surface area contributed by atoms with Crippen molar-refractivity contribution in [3.8, 4) is 0 Å². The molecule has 2 bridgehead atoms. The van der Waals surface area contributed by atoms with Gasteiger partial charge in [-0.3, -0.25) is 14.5 Å². The first-order valence-electron chi connectivity index (χ1n) is 7.38. The van der Waals surface area contributed by atoms with Crippen LogP contribution in [0.5, 0.6) is 0 Å². The number of benzene rings is 1. The third-order valence-corrected chi connectivity index (χ3v) is 4.72. The summed E-state index contributed by atoms with van der Waals surface area (Å²) in [6, 6.07) is 9.37. The summed E-state index contributed by atoms with van der Waals surface area (Å²) in [6.45, 7) is 4.59. The molecule has 5 nitrogen and oxygen atoms in total. The Labute approximate surface area is 130 Å². The number of methoxy groups -OCH3 is 1. The first kappa shape index (κ1) is 14.8. The fourth-order valence-corrected chi connectivity index (χ4v) is 3.56. The van der Waals surface area contributed by atoms with Crippen LogP contribution >= 0.6 is 0 Å². The highest BCUT2D eigenvalue weighted by Gasteiger charge is 2.53. The molecule has 0 aromatic heterocycles. The van der Waals surface area contributed by atoms with Gasteiger partial charge in [0, 0.05) is 5.70 Å². The standard InChI is InChI=1S/C17H20N2O3/c1-11-15-13(17(21)22-3)9-14(18(15)2)16(20)19(11)10-12-7-5-4-6-8-12/h4-8,13-15H,1,9-10H2,2-3H3/t13-,14+,15+/m0/s1. The van der Waals surface area contributed by atoms with E-state index in [1.165, 1.54) is 7.11 Å². The Morgan fingerprint density at radius 1 is 1.36 bits per heavy atom. The van der Waals surface area contributed by atoms with Gasteiger partial charge in [-0.05, 0) is 19.0 Å². The highest BCUT2D eigenvalue weighted by molar-refractivity contribution is 5.88. The van der Waals surface area contributed by atoms with Crippen LogP contribution in [0.25, 0.3) is 0 Å². The van der Waals surface area contributed by atoms with E-state index >= 15 is 0 Å². The number of amides is 1. The molecular weight excluding hydrogens is 280 g/mol. The summed E-state index contributed by atoms with van der Waals surface area (Å²) < 4.78 is 4.89. The molecule has 22 heavy (non-hydrogen) atoms. The first-order valence-corrected chi connectivity index (χ1v) is 7.38. The number of rotatable bonds is 3. The second-order valence-electron chi connectivity index (χ2n) is 5.89. The Morgan fingerprint density at radius 2 is 2.05 bits per heavy atom. The summed E-state index contributed by atoms with van der Waals surface area (Å²) in [6.07, 6.45) is 0.497. The van der Waals surface area contributed by atoms with Crippen molar-refractivity contribution in [1.29, 1.82) is 0 Å². The van der Waals surface area contributed by atoms with Gasteiger partial charge < -0.3 is 9.64 Å². The molecule has 1 aromatic carbocycles. The average Bonchev–Trinajstić information content (AvgIpc) is 2.83. The average molecular weight is 300 g/mol. The van der Waals surface area contributed by atoms with E-state index in [1.54, 1.807) is 4.90 Å². The van der Waals surface area contributed by atoms with Crippen LogP contribution in [-0.4, -0.2) is 47.9 Å². The highest BCUT2D eigenvalue weighted by atomic mass is 16.5. The Balaban J connectivity index is 1.88. The summed E-state index contributed by atoms with van der Waals surface area (Å²) >= 11 is 0. The second kappa shape index (κ2) is 5.57. The SMILES string of the molecule is C=C1[C@@H]2[C@@H](C(=O)OC)C[C@H](C(=O)N1Cc1ccccc1)N2C. The summed E-state index contributed by atoms with van der Waals surface area (Å²) in [4.78, 5) is 28.4. The lowest BCUT2D eigenvalue weighted by Crippen LogP contribution is -2.54. The molecule has 0 N–H and O–H groups in total.